The van der Waals surface area contributed by atoms with Crippen LogP contribution in [0.4, 0.5) is 10.2 Å². The maximum absolute atomic E-state index is 14.9. The molecule has 2 unspecified atom stereocenters. The first-order valence-corrected chi connectivity index (χ1v) is 15.4. The number of halogens is 1. The van der Waals surface area contributed by atoms with Crippen molar-refractivity contribution >= 4 is 27.6 Å². The van der Waals surface area contributed by atoms with E-state index in [1.807, 2.05) is 6.92 Å². The van der Waals surface area contributed by atoms with Gasteiger partial charge in [0.05, 0.1) is 10.9 Å². The summed E-state index contributed by atoms with van der Waals surface area (Å²) in [6.07, 6.45) is 9.28. The van der Waals surface area contributed by atoms with Crippen LogP contribution >= 0.6 is 0 Å². The van der Waals surface area contributed by atoms with Crippen molar-refractivity contribution in [2.24, 2.45) is 0 Å². The number of aromatic hydroxyl groups is 1. The normalized spacial score (nSPS) is 23.2. The van der Waals surface area contributed by atoms with Crippen molar-refractivity contribution in [3.63, 3.8) is 0 Å². The Morgan fingerprint density at radius 2 is 1.86 bits per heavy atom. The molecule has 0 saturated carbocycles. The van der Waals surface area contributed by atoms with Gasteiger partial charge in [0.2, 0.25) is 0 Å². The van der Waals surface area contributed by atoms with Crippen LogP contribution < -0.4 is 15.0 Å². The fourth-order valence-corrected chi connectivity index (χ4v) is 7.97. The molecule has 42 heavy (non-hydrogen) atoms. The molecular weight excluding hydrogens is 533 g/mol. The second-order valence-corrected chi connectivity index (χ2v) is 12.5. The lowest BCUT2D eigenvalue weighted by atomic mass is 9.95. The standard InChI is InChI=1S/C32H36FN7O2/c1-2-23-26(33)8-5-19-13-22(41)14-24(27(19)23)28-34-15-25-29(36-28)37-31(42-18-32-9-3-11-40(32)12-4-10-32)38-30(25)39-16-20-6-7-21(17-39)35-20/h5,8,13-15,20-21,35,41H,2-4,6-7,9-12,16-18H2,1H3. The molecule has 10 heteroatoms. The molecule has 218 valence electrons. The van der Waals surface area contributed by atoms with Gasteiger partial charge in [0, 0.05) is 36.9 Å². The van der Waals surface area contributed by atoms with Gasteiger partial charge in [-0.15, -0.1) is 0 Å². The Bertz CT molecular complexity index is 1680. The van der Waals surface area contributed by atoms with E-state index in [1.165, 1.54) is 18.9 Å². The van der Waals surface area contributed by atoms with Crippen molar-refractivity contribution in [2.75, 3.05) is 37.7 Å². The van der Waals surface area contributed by atoms with Crippen molar-refractivity contribution < 1.29 is 14.2 Å². The highest BCUT2D eigenvalue weighted by Gasteiger charge is 2.45. The Labute approximate surface area is 244 Å². The van der Waals surface area contributed by atoms with Crippen LogP contribution in [0.1, 0.15) is 51.0 Å². The Hall–Kier alpha value is -3.63. The summed E-state index contributed by atoms with van der Waals surface area (Å²) in [6.45, 7) is 6.47. The molecule has 0 radical (unpaired) electrons. The van der Waals surface area contributed by atoms with E-state index in [2.05, 4.69) is 15.1 Å². The first-order valence-electron chi connectivity index (χ1n) is 15.4. The highest BCUT2D eigenvalue weighted by Crippen LogP contribution is 2.40. The van der Waals surface area contributed by atoms with E-state index in [0.717, 1.165) is 68.5 Å². The highest BCUT2D eigenvalue weighted by atomic mass is 19.1. The molecule has 4 aliphatic rings. The summed E-state index contributed by atoms with van der Waals surface area (Å²) >= 11 is 0. The van der Waals surface area contributed by atoms with E-state index in [9.17, 15) is 9.50 Å². The number of phenolic OH excluding ortho intramolecular Hbond substituents is 1. The molecule has 2 atom stereocenters. The number of hydrogen-bond donors (Lipinski definition) is 2. The van der Waals surface area contributed by atoms with Crippen LogP contribution in [0.3, 0.4) is 0 Å². The molecule has 6 heterocycles. The Kier molecular flexibility index (Phi) is 6.19. The Morgan fingerprint density at radius 3 is 2.62 bits per heavy atom. The van der Waals surface area contributed by atoms with E-state index < -0.39 is 0 Å². The molecular formula is C32H36FN7O2. The quantitative estimate of drug-likeness (QED) is 0.345. The summed E-state index contributed by atoms with van der Waals surface area (Å²) in [6, 6.07) is 7.61. The number of nitrogens with one attached hydrogen (secondary N) is 1. The summed E-state index contributed by atoms with van der Waals surface area (Å²) < 4.78 is 21.3. The summed E-state index contributed by atoms with van der Waals surface area (Å²) in [5.74, 6) is 0.985. The lowest BCUT2D eigenvalue weighted by Crippen LogP contribution is -2.51. The molecule has 2 N–H and O–H groups in total. The third-order valence-electron chi connectivity index (χ3n) is 9.96. The third-order valence-corrected chi connectivity index (χ3v) is 9.96. The van der Waals surface area contributed by atoms with Gasteiger partial charge in [0.1, 0.15) is 24.0 Å². The molecule has 4 fully saturated rings. The topological polar surface area (TPSA) is 99.5 Å². The fourth-order valence-electron chi connectivity index (χ4n) is 7.97. The molecule has 4 saturated heterocycles. The van der Waals surface area contributed by atoms with Crippen molar-refractivity contribution in [3.05, 3.63) is 41.8 Å². The molecule has 2 bridgehead atoms. The first kappa shape index (κ1) is 26.0. The van der Waals surface area contributed by atoms with E-state index in [4.69, 9.17) is 24.7 Å². The van der Waals surface area contributed by atoms with Crippen LogP contribution in [-0.2, 0) is 6.42 Å². The van der Waals surface area contributed by atoms with Gasteiger partial charge in [-0.1, -0.05) is 13.0 Å². The first-order chi connectivity index (χ1) is 20.5. The Balaban J connectivity index is 1.25. The van der Waals surface area contributed by atoms with Gasteiger partial charge in [-0.3, -0.25) is 4.90 Å². The summed E-state index contributed by atoms with van der Waals surface area (Å²) in [7, 11) is 0. The summed E-state index contributed by atoms with van der Waals surface area (Å²) in [4.78, 5) is 24.4. The molecule has 0 aliphatic carbocycles. The zero-order valence-corrected chi connectivity index (χ0v) is 23.9. The van der Waals surface area contributed by atoms with Gasteiger partial charge in [-0.05, 0) is 92.6 Å². The number of fused-ring (bicyclic) bond motifs is 5. The largest absolute Gasteiger partial charge is 0.508 e. The molecule has 2 aromatic carbocycles. The van der Waals surface area contributed by atoms with E-state index in [1.54, 1.807) is 24.4 Å². The zero-order chi connectivity index (χ0) is 28.4. The van der Waals surface area contributed by atoms with Gasteiger partial charge in [-0.25, -0.2) is 14.4 Å². The number of benzene rings is 2. The number of aryl methyl sites for hydroxylation is 1. The number of phenols is 1. The fraction of sp³-hybridized carbons (Fsp3) is 0.500. The minimum Gasteiger partial charge on any atom is -0.508 e. The van der Waals surface area contributed by atoms with E-state index in [-0.39, 0.29) is 17.1 Å². The molecule has 2 aromatic heterocycles. The van der Waals surface area contributed by atoms with Crippen molar-refractivity contribution in [1.29, 1.82) is 0 Å². The minimum atomic E-state index is -0.279. The van der Waals surface area contributed by atoms with Gasteiger partial charge in [0.25, 0.3) is 0 Å². The van der Waals surface area contributed by atoms with Crippen molar-refractivity contribution in [2.45, 2.75) is 69.5 Å². The average molecular weight is 570 g/mol. The van der Waals surface area contributed by atoms with Crippen LogP contribution in [0.15, 0.2) is 30.5 Å². The average Bonchev–Trinajstić information content (AvgIpc) is 3.68. The van der Waals surface area contributed by atoms with E-state index >= 15 is 0 Å². The van der Waals surface area contributed by atoms with Gasteiger partial charge in [-0.2, -0.15) is 9.97 Å². The minimum absolute atomic E-state index is 0.0740. The number of ether oxygens (including phenoxy) is 1. The number of aromatic nitrogens is 4. The summed E-state index contributed by atoms with van der Waals surface area (Å²) in [5.41, 5.74) is 1.72. The van der Waals surface area contributed by atoms with Gasteiger partial charge in [0.15, 0.2) is 11.5 Å². The molecule has 8 rings (SSSR count). The number of hydrogen-bond acceptors (Lipinski definition) is 9. The Morgan fingerprint density at radius 1 is 1.07 bits per heavy atom. The van der Waals surface area contributed by atoms with Crippen LogP contribution in [0.2, 0.25) is 0 Å². The maximum atomic E-state index is 14.9. The van der Waals surface area contributed by atoms with E-state index in [0.29, 0.717) is 59.1 Å². The smallest absolute Gasteiger partial charge is 0.320 e. The predicted octanol–water partition coefficient (Wildman–Crippen LogP) is 4.59. The number of piperazine rings is 1. The molecule has 4 aromatic rings. The third kappa shape index (κ3) is 4.26. The summed E-state index contributed by atoms with van der Waals surface area (Å²) in [5, 5.41) is 16.5. The van der Waals surface area contributed by atoms with Crippen LogP contribution in [0, 0.1) is 5.82 Å². The second kappa shape index (κ2) is 9.98. The van der Waals surface area contributed by atoms with Crippen molar-refractivity contribution in [1.82, 2.24) is 30.2 Å². The van der Waals surface area contributed by atoms with Crippen LogP contribution in [0.25, 0.3) is 33.2 Å². The maximum Gasteiger partial charge on any atom is 0.320 e. The molecule has 4 aliphatic heterocycles. The zero-order valence-electron chi connectivity index (χ0n) is 23.9. The van der Waals surface area contributed by atoms with Crippen LogP contribution in [-0.4, -0.2) is 80.4 Å². The number of rotatable bonds is 6. The highest BCUT2D eigenvalue weighted by molar-refractivity contribution is 6.00. The molecule has 0 spiro atoms. The predicted molar refractivity (Wildman–Crippen MR) is 159 cm³/mol. The van der Waals surface area contributed by atoms with Gasteiger partial charge >= 0.3 is 6.01 Å². The second-order valence-electron chi connectivity index (χ2n) is 12.5. The molecule has 9 nitrogen and oxygen atoms in total. The monoisotopic (exact) mass is 569 g/mol. The number of nitrogens with zero attached hydrogens (tertiary/aromatic N) is 6. The van der Waals surface area contributed by atoms with Crippen LogP contribution in [0.5, 0.6) is 11.8 Å². The van der Waals surface area contributed by atoms with Crippen molar-refractivity contribution in [3.8, 4) is 23.1 Å². The SMILES string of the molecule is CCc1c(F)ccc2cc(O)cc(-c3ncc4c(N5CC6CCC(C5)N6)nc(OCC56CCCN5CCC6)nc4n3)c12. The lowest BCUT2D eigenvalue weighted by molar-refractivity contribution is 0.108. The van der Waals surface area contributed by atoms with Gasteiger partial charge < -0.3 is 20.1 Å². The molecule has 0 amide bonds. The number of anilines is 1. The lowest BCUT2D eigenvalue weighted by Gasteiger charge is -2.34.